The Morgan fingerprint density at radius 2 is 2.00 bits per heavy atom. The maximum absolute atomic E-state index is 13.2. The van der Waals surface area contributed by atoms with Crippen LogP contribution in [0.3, 0.4) is 0 Å². The summed E-state index contributed by atoms with van der Waals surface area (Å²) in [5.41, 5.74) is 2.42. The van der Waals surface area contributed by atoms with Gasteiger partial charge >= 0.3 is 0 Å². The van der Waals surface area contributed by atoms with E-state index in [-0.39, 0.29) is 17.8 Å². The Balaban J connectivity index is 2.35. The highest BCUT2D eigenvalue weighted by atomic mass is 32.1. The summed E-state index contributed by atoms with van der Waals surface area (Å²) in [6.45, 7) is 13.7. The van der Waals surface area contributed by atoms with E-state index in [4.69, 9.17) is 4.74 Å². The van der Waals surface area contributed by atoms with Crippen molar-refractivity contribution in [3.05, 3.63) is 45.5 Å². The minimum atomic E-state index is -0.987. The van der Waals surface area contributed by atoms with Crippen molar-refractivity contribution in [1.82, 2.24) is 4.98 Å². The zero-order valence-corrected chi connectivity index (χ0v) is 22.7. The Kier molecular flexibility index (Phi) is 10.9. The third kappa shape index (κ3) is 8.26. The molecule has 5 atom stereocenters. The number of allylic oxidation sites excluding steroid dienone is 3. The van der Waals surface area contributed by atoms with Crippen LogP contribution in [-0.4, -0.2) is 39.5 Å². The molecule has 1 aromatic rings. The second-order valence-corrected chi connectivity index (χ2v) is 11.4. The Morgan fingerprint density at radius 3 is 2.62 bits per heavy atom. The number of ketones is 1. The van der Waals surface area contributed by atoms with Crippen molar-refractivity contribution in [2.24, 2.45) is 17.3 Å². The molecule has 5 nitrogen and oxygen atoms in total. The van der Waals surface area contributed by atoms with E-state index in [9.17, 15) is 15.0 Å². The van der Waals surface area contributed by atoms with E-state index in [1.807, 2.05) is 53.0 Å². The van der Waals surface area contributed by atoms with Crippen molar-refractivity contribution >= 4 is 23.2 Å². The van der Waals surface area contributed by atoms with Gasteiger partial charge in [0.25, 0.3) is 0 Å². The number of rotatable bonds is 3. The van der Waals surface area contributed by atoms with Gasteiger partial charge in [-0.25, -0.2) is 4.98 Å². The van der Waals surface area contributed by atoms with Crippen molar-refractivity contribution in [3.63, 3.8) is 0 Å². The van der Waals surface area contributed by atoms with Crippen LogP contribution in [0.15, 0.2) is 34.8 Å². The van der Waals surface area contributed by atoms with E-state index in [1.54, 1.807) is 11.3 Å². The first-order chi connectivity index (χ1) is 15.9. The summed E-state index contributed by atoms with van der Waals surface area (Å²) in [6.07, 6.45) is 9.43. The normalized spacial score (nSPS) is 32.7. The number of aliphatic hydroxyl groups is 2. The van der Waals surface area contributed by atoms with Gasteiger partial charge in [0.1, 0.15) is 5.78 Å². The van der Waals surface area contributed by atoms with E-state index >= 15 is 0 Å². The standard InChI is InChI=1S/C28H43NO4S/c1-8-22-11-9-10-18(2)26(31)20(4)27(32)28(6,7)15-14-25(30)33-24(13-12-22)19(3)16-23-17-34-21(5)29-23/h9,11-12,16-18,20,24-26,30-31H,8,10,13-15H2,1-7H3/b11-9+,19-16+,22-12-. The molecule has 2 heterocycles. The van der Waals surface area contributed by atoms with Crippen LogP contribution in [0, 0.1) is 24.2 Å². The van der Waals surface area contributed by atoms with E-state index in [0.29, 0.717) is 25.7 Å². The highest BCUT2D eigenvalue weighted by Crippen LogP contribution is 2.32. The van der Waals surface area contributed by atoms with Crippen LogP contribution >= 0.6 is 11.3 Å². The number of aromatic nitrogens is 1. The van der Waals surface area contributed by atoms with Crippen molar-refractivity contribution in [1.29, 1.82) is 0 Å². The van der Waals surface area contributed by atoms with E-state index < -0.39 is 23.7 Å². The van der Waals surface area contributed by atoms with Gasteiger partial charge in [0.2, 0.25) is 0 Å². The van der Waals surface area contributed by atoms with Crippen LogP contribution in [0.2, 0.25) is 0 Å². The average Bonchev–Trinajstić information content (AvgIpc) is 3.20. The highest BCUT2D eigenvalue weighted by molar-refractivity contribution is 7.09. The number of nitrogens with zero attached hydrogens (tertiary/aromatic N) is 1. The Hall–Kier alpha value is -1.60. The molecule has 0 radical (unpaired) electrons. The van der Waals surface area contributed by atoms with Gasteiger partial charge in [-0.05, 0) is 63.5 Å². The summed E-state index contributed by atoms with van der Waals surface area (Å²) >= 11 is 1.61. The number of hydrogen-bond donors (Lipinski definition) is 2. The molecule has 2 rings (SSSR count). The fourth-order valence-corrected chi connectivity index (χ4v) is 4.98. The number of aryl methyl sites for hydroxylation is 1. The van der Waals surface area contributed by atoms with Crippen LogP contribution in [0.25, 0.3) is 6.08 Å². The minimum Gasteiger partial charge on any atom is -0.392 e. The molecule has 0 saturated carbocycles. The molecule has 190 valence electrons. The lowest BCUT2D eigenvalue weighted by Crippen LogP contribution is -2.39. The lowest BCUT2D eigenvalue weighted by Gasteiger charge is -2.32. The van der Waals surface area contributed by atoms with Gasteiger partial charge in [0.15, 0.2) is 6.29 Å². The summed E-state index contributed by atoms with van der Waals surface area (Å²) in [5.74, 6) is -0.466. The van der Waals surface area contributed by atoms with Gasteiger partial charge in [-0.3, -0.25) is 4.79 Å². The third-order valence-corrected chi connectivity index (χ3v) is 7.67. The lowest BCUT2D eigenvalue weighted by atomic mass is 9.74. The van der Waals surface area contributed by atoms with Crippen molar-refractivity contribution in [3.8, 4) is 0 Å². The largest absolute Gasteiger partial charge is 0.392 e. The summed E-state index contributed by atoms with van der Waals surface area (Å²) in [6, 6.07) is 0. The lowest BCUT2D eigenvalue weighted by molar-refractivity contribution is -0.142. The number of hydrogen-bond acceptors (Lipinski definition) is 6. The molecule has 0 bridgehead atoms. The highest BCUT2D eigenvalue weighted by Gasteiger charge is 2.36. The Labute approximate surface area is 209 Å². The molecule has 34 heavy (non-hydrogen) atoms. The predicted octanol–water partition coefficient (Wildman–Crippen LogP) is 6.25. The number of aliphatic hydroxyl groups excluding tert-OH is 2. The van der Waals surface area contributed by atoms with Gasteiger partial charge in [-0.2, -0.15) is 0 Å². The SMILES string of the molecule is CCC1=C/CC(/C(C)=C/c2csc(C)n2)OC(O)CCC(C)(C)C(=O)C(C)C(O)C(C)C\C=C\1. The molecule has 0 aliphatic carbocycles. The van der Waals surface area contributed by atoms with Crippen LogP contribution in [-0.2, 0) is 9.53 Å². The molecule has 1 aliphatic rings. The number of Topliss-reactive ketones (excluding diaryl/α,β-unsaturated/α-hetero) is 1. The molecular weight excluding hydrogens is 446 g/mol. The molecule has 2 N–H and O–H groups in total. The zero-order chi connectivity index (χ0) is 25.5. The Morgan fingerprint density at radius 1 is 1.29 bits per heavy atom. The second kappa shape index (κ2) is 12.9. The first kappa shape index (κ1) is 28.6. The van der Waals surface area contributed by atoms with Crippen LogP contribution < -0.4 is 0 Å². The van der Waals surface area contributed by atoms with Gasteiger partial charge in [-0.15, -0.1) is 11.3 Å². The summed E-state index contributed by atoms with van der Waals surface area (Å²) < 4.78 is 6.11. The summed E-state index contributed by atoms with van der Waals surface area (Å²) in [5, 5.41) is 24.6. The maximum Gasteiger partial charge on any atom is 0.155 e. The minimum absolute atomic E-state index is 0.0228. The third-order valence-electron chi connectivity index (χ3n) is 6.88. The second-order valence-electron chi connectivity index (χ2n) is 10.3. The molecule has 0 saturated heterocycles. The van der Waals surface area contributed by atoms with Crippen molar-refractivity contribution < 1.29 is 19.7 Å². The van der Waals surface area contributed by atoms with Crippen molar-refractivity contribution in [2.75, 3.05) is 0 Å². The zero-order valence-electron chi connectivity index (χ0n) is 21.9. The number of carbonyl (C=O) groups excluding carboxylic acids is 1. The number of carbonyl (C=O) groups is 1. The van der Waals surface area contributed by atoms with E-state index in [2.05, 4.69) is 30.1 Å². The van der Waals surface area contributed by atoms with Gasteiger partial charge < -0.3 is 14.9 Å². The van der Waals surface area contributed by atoms with E-state index in [1.165, 1.54) is 5.57 Å². The first-order valence-electron chi connectivity index (χ1n) is 12.5. The molecular formula is C28H43NO4S. The molecule has 0 amide bonds. The Bertz CT molecular complexity index is 898. The fourth-order valence-electron chi connectivity index (χ4n) is 4.41. The van der Waals surface area contributed by atoms with Gasteiger partial charge in [-0.1, -0.05) is 58.4 Å². The van der Waals surface area contributed by atoms with E-state index in [0.717, 1.165) is 22.7 Å². The van der Waals surface area contributed by atoms with Crippen LogP contribution in [0.1, 0.15) is 84.3 Å². The monoisotopic (exact) mass is 489 g/mol. The topological polar surface area (TPSA) is 79.7 Å². The molecule has 1 aromatic heterocycles. The van der Waals surface area contributed by atoms with Crippen molar-refractivity contribution in [2.45, 2.75) is 99.1 Å². The number of ether oxygens (including phenoxy) is 1. The molecule has 5 unspecified atom stereocenters. The van der Waals surface area contributed by atoms with Crippen LogP contribution in [0.4, 0.5) is 0 Å². The summed E-state index contributed by atoms with van der Waals surface area (Å²) in [4.78, 5) is 17.7. The van der Waals surface area contributed by atoms with Gasteiger partial charge in [0.05, 0.1) is 22.9 Å². The molecule has 0 fully saturated rings. The van der Waals surface area contributed by atoms with Gasteiger partial charge in [0, 0.05) is 16.7 Å². The number of thiazole rings is 1. The molecule has 0 aromatic carbocycles. The predicted molar refractivity (Wildman–Crippen MR) is 140 cm³/mol. The molecule has 6 heteroatoms. The quantitative estimate of drug-likeness (QED) is 0.524. The van der Waals surface area contributed by atoms with Crippen LogP contribution in [0.5, 0.6) is 0 Å². The fraction of sp³-hybridized carbons (Fsp3) is 0.643. The summed E-state index contributed by atoms with van der Waals surface area (Å²) in [7, 11) is 0. The molecule has 1 aliphatic heterocycles. The average molecular weight is 490 g/mol. The first-order valence-corrected chi connectivity index (χ1v) is 13.3. The molecule has 0 spiro atoms. The smallest absolute Gasteiger partial charge is 0.155 e. The maximum atomic E-state index is 13.2.